The molecular formula is C14H19N3O2S. The maximum Gasteiger partial charge on any atom is 0.244 e. The number of nitrogens with two attached hydrogens (primary N) is 1. The Kier molecular flexibility index (Phi) is 3.76. The van der Waals surface area contributed by atoms with Crippen LogP contribution in [0, 0.1) is 16.7 Å². The van der Waals surface area contributed by atoms with Crippen LogP contribution in [0.4, 0.5) is 5.69 Å². The number of anilines is 1. The van der Waals surface area contributed by atoms with Crippen molar-refractivity contribution in [1.29, 1.82) is 5.26 Å². The van der Waals surface area contributed by atoms with E-state index in [0.717, 1.165) is 12.8 Å². The fourth-order valence-corrected chi connectivity index (χ4v) is 4.36. The van der Waals surface area contributed by atoms with Crippen LogP contribution in [0.5, 0.6) is 0 Å². The lowest BCUT2D eigenvalue weighted by Crippen LogP contribution is -2.43. The van der Waals surface area contributed by atoms with Crippen molar-refractivity contribution in [3.8, 4) is 6.07 Å². The highest BCUT2D eigenvalue weighted by atomic mass is 32.2. The molecular weight excluding hydrogens is 274 g/mol. The number of benzene rings is 1. The first-order valence-corrected chi connectivity index (χ1v) is 8.00. The maximum atomic E-state index is 12.7. The second kappa shape index (κ2) is 5.08. The van der Waals surface area contributed by atoms with E-state index in [4.69, 9.17) is 11.0 Å². The molecule has 0 aliphatic carbocycles. The summed E-state index contributed by atoms with van der Waals surface area (Å²) in [5.41, 5.74) is 6.07. The van der Waals surface area contributed by atoms with E-state index in [-0.39, 0.29) is 15.9 Å². The molecule has 1 aliphatic rings. The number of nitriles is 1. The first-order valence-electron chi connectivity index (χ1n) is 6.56. The van der Waals surface area contributed by atoms with Gasteiger partial charge in [-0.15, -0.1) is 0 Å². The van der Waals surface area contributed by atoms with Crippen LogP contribution in [-0.4, -0.2) is 25.8 Å². The third-order valence-corrected chi connectivity index (χ3v) is 5.51. The minimum absolute atomic E-state index is 0.0358. The molecule has 0 spiro atoms. The quantitative estimate of drug-likeness (QED) is 0.844. The predicted octanol–water partition coefficient (Wildman–Crippen LogP) is 1.95. The summed E-state index contributed by atoms with van der Waals surface area (Å²) >= 11 is 0. The average Bonchev–Trinajstić information content (AvgIpc) is 2.37. The number of sulfonamides is 1. The number of hydrogen-bond acceptors (Lipinski definition) is 4. The molecule has 108 valence electrons. The molecule has 1 aliphatic heterocycles. The second-order valence-corrected chi connectivity index (χ2v) is 7.88. The van der Waals surface area contributed by atoms with Crippen molar-refractivity contribution >= 4 is 15.7 Å². The van der Waals surface area contributed by atoms with Crippen molar-refractivity contribution in [2.24, 2.45) is 5.41 Å². The van der Waals surface area contributed by atoms with Gasteiger partial charge in [-0.05, 0) is 36.5 Å². The van der Waals surface area contributed by atoms with Gasteiger partial charge < -0.3 is 5.73 Å². The Balaban J connectivity index is 2.43. The van der Waals surface area contributed by atoms with E-state index >= 15 is 0 Å². The SMILES string of the molecule is CC1(C)CCCN(S(=O)(=O)c2ccc(N)cc2C#N)C1. The minimum Gasteiger partial charge on any atom is -0.399 e. The van der Waals surface area contributed by atoms with Crippen molar-refractivity contribution in [1.82, 2.24) is 4.31 Å². The number of rotatable bonds is 2. The second-order valence-electron chi connectivity index (χ2n) is 5.97. The number of nitrogen functional groups attached to an aromatic ring is 1. The molecule has 0 radical (unpaired) electrons. The average molecular weight is 293 g/mol. The molecule has 0 atom stereocenters. The number of piperidine rings is 1. The molecule has 1 fully saturated rings. The standard InChI is InChI=1S/C14H19N3O2S/c1-14(2)6-3-7-17(10-14)20(18,19)13-5-4-12(16)8-11(13)9-15/h4-5,8H,3,6-7,10,16H2,1-2H3. The molecule has 2 rings (SSSR count). The fourth-order valence-electron chi connectivity index (χ4n) is 2.57. The van der Waals surface area contributed by atoms with Crippen LogP contribution in [0.15, 0.2) is 23.1 Å². The summed E-state index contributed by atoms with van der Waals surface area (Å²) in [6, 6.07) is 6.26. The molecule has 5 nitrogen and oxygen atoms in total. The molecule has 2 N–H and O–H groups in total. The van der Waals surface area contributed by atoms with Crippen LogP contribution >= 0.6 is 0 Å². The molecule has 20 heavy (non-hydrogen) atoms. The molecule has 1 aromatic carbocycles. The molecule has 1 heterocycles. The van der Waals surface area contributed by atoms with Crippen LogP contribution in [0.3, 0.4) is 0 Å². The minimum atomic E-state index is -3.64. The van der Waals surface area contributed by atoms with E-state index in [1.165, 1.54) is 22.5 Å². The highest BCUT2D eigenvalue weighted by Crippen LogP contribution is 2.32. The molecule has 0 bridgehead atoms. The van der Waals surface area contributed by atoms with Gasteiger partial charge in [-0.3, -0.25) is 0 Å². The highest BCUT2D eigenvalue weighted by molar-refractivity contribution is 7.89. The Morgan fingerprint density at radius 2 is 2.10 bits per heavy atom. The topological polar surface area (TPSA) is 87.2 Å². The Hall–Kier alpha value is -1.58. The van der Waals surface area contributed by atoms with Gasteiger partial charge in [0.2, 0.25) is 10.0 Å². The first kappa shape index (κ1) is 14.8. The molecule has 6 heteroatoms. The van der Waals surface area contributed by atoms with Gasteiger partial charge in [0, 0.05) is 18.8 Å². The van der Waals surface area contributed by atoms with E-state index in [2.05, 4.69) is 13.8 Å². The van der Waals surface area contributed by atoms with Gasteiger partial charge in [0.25, 0.3) is 0 Å². The third kappa shape index (κ3) is 2.79. The van der Waals surface area contributed by atoms with Crippen molar-refractivity contribution in [3.05, 3.63) is 23.8 Å². The predicted molar refractivity (Wildman–Crippen MR) is 77.3 cm³/mol. The van der Waals surface area contributed by atoms with Crippen LogP contribution in [-0.2, 0) is 10.0 Å². The maximum absolute atomic E-state index is 12.7. The summed E-state index contributed by atoms with van der Waals surface area (Å²) < 4.78 is 26.9. The van der Waals surface area contributed by atoms with Gasteiger partial charge in [0.05, 0.1) is 5.56 Å². The van der Waals surface area contributed by atoms with E-state index in [1.807, 2.05) is 6.07 Å². The van der Waals surface area contributed by atoms with Gasteiger partial charge in [-0.1, -0.05) is 13.8 Å². The molecule has 0 saturated carbocycles. The van der Waals surface area contributed by atoms with Gasteiger partial charge >= 0.3 is 0 Å². The summed E-state index contributed by atoms with van der Waals surface area (Å²) in [5, 5.41) is 9.12. The zero-order valence-corrected chi connectivity index (χ0v) is 12.6. The van der Waals surface area contributed by atoms with E-state index in [9.17, 15) is 8.42 Å². The van der Waals surface area contributed by atoms with Crippen LogP contribution in [0.2, 0.25) is 0 Å². The Labute approximate surface area is 120 Å². The largest absolute Gasteiger partial charge is 0.399 e. The number of hydrogen-bond donors (Lipinski definition) is 1. The third-order valence-electron chi connectivity index (χ3n) is 3.61. The van der Waals surface area contributed by atoms with Gasteiger partial charge in [-0.2, -0.15) is 9.57 Å². The van der Waals surface area contributed by atoms with Crippen molar-refractivity contribution in [3.63, 3.8) is 0 Å². The van der Waals surface area contributed by atoms with Crippen molar-refractivity contribution in [2.45, 2.75) is 31.6 Å². The Morgan fingerprint density at radius 1 is 1.40 bits per heavy atom. The van der Waals surface area contributed by atoms with E-state index in [1.54, 1.807) is 0 Å². The monoisotopic (exact) mass is 293 g/mol. The Bertz CT molecular complexity index is 659. The van der Waals surface area contributed by atoms with Crippen LogP contribution < -0.4 is 5.73 Å². The molecule has 0 unspecified atom stereocenters. The fraction of sp³-hybridized carbons (Fsp3) is 0.500. The smallest absolute Gasteiger partial charge is 0.244 e. The van der Waals surface area contributed by atoms with Gasteiger partial charge in [-0.25, -0.2) is 8.42 Å². The summed E-state index contributed by atoms with van der Waals surface area (Å²) in [5.74, 6) is 0. The molecule has 1 saturated heterocycles. The van der Waals surface area contributed by atoms with Crippen LogP contribution in [0.25, 0.3) is 0 Å². The molecule has 1 aromatic rings. The van der Waals surface area contributed by atoms with Gasteiger partial charge in [0.15, 0.2) is 0 Å². The lowest BCUT2D eigenvalue weighted by Gasteiger charge is -2.37. The molecule has 0 amide bonds. The Morgan fingerprint density at radius 3 is 2.70 bits per heavy atom. The van der Waals surface area contributed by atoms with E-state index < -0.39 is 10.0 Å². The number of nitrogens with zero attached hydrogens (tertiary/aromatic N) is 2. The summed E-state index contributed by atoms with van der Waals surface area (Å²) in [6.07, 6.45) is 1.84. The summed E-state index contributed by atoms with van der Waals surface area (Å²) in [4.78, 5) is 0.0481. The zero-order valence-electron chi connectivity index (χ0n) is 11.8. The normalized spacial score (nSPS) is 19.4. The van der Waals surface area contributed by atoms with Gasteiger partial charge in [0.1, 0.15) is 11.0 Å². The summed E-state index contributed by atoms with van der Waals surface area (Å²) in [7, 11) is -3.64. The van der Waals surface area contributed by atoms with E-state index in [0.29, 0.717) is 18.8 Å². The van der Waals surface area contributed by atoms with Crippen molar-refractivity contribution < 1.29 is 8.42 Å². The lowest BCUT2D eigenvalue weighted by atomic mass is 9.85. The summed E-state index contributed by atoms with van der Waals surface area (Å²) in [6.45, 7) is 5.09. The van der Waals surface area contributed by atoms with Crippen molar-refractivity contribution in [2.75, 3.05) is 18.8 Å². The lowest BCUT2D eigenvalue weighted by molar-refractivity contribution is 0.187. The zero-order chi connectivity index (χ0) is 15.0. The van der Waals surface area contributed by atoms with Crippen LogP contribution in [0.1, 0.15) is 32.3 Å². The highest BCUT2D eigenvalue weighted by Gasteiger charge is 2.35. The first-order chi connectivity index (χ1) is 9.26. The molecule has 0 aromatic heterocycles.